The van der Waals surface area contributed by atoms with Crippen molar-refractivity contribution in [3.63, 3.8) is 0 Å². The number of nitrogens with one attached hydrogen (secondary N) is 1. The Kier molecular flexibility index (Phi) is 1.65. The summed E-state index contributed by atoms with van der Waals surface area (Å²) in [7, 11) is 2.04. The lowest BCUT2D eigenvalue weighted by atomic mass is 10.2. The number of hydrogen-bond donors (Lipinski definition) is 1. The molecule has 0 radical (unpaired) electrons. The van der Waals surface area contributed by atoms with Crippen LogP contribution in [0.2, 0.25) is 0 Å². The van der Waals surface area contributed by atoms with Gasteiger partial charge in [-0.15, -0.1) is 0 Å². The van der Waals surface area contributed by atoms with E-state index in [0.29, 0.717) is 0 Å². The Hall–Kier alpha value is -2.03. The standard InChI is InChI=1S/C12H11N3/c1-15-8-9(10-4-2-6-13-10)12-11(15)5-3-7-14-12/h2-8,13H,1H3. The average Bonchev–Trinajstić information content (AvgIpc) is 2.87. The molecule has 0 unspecified atom stereocenters. The highest BCUT2D eigenvalue weighted by Gasteiger charge is 2.08. The van der Waals surface area contributed by atoms with Crippen LogP contribution in [0.1, 0.15) is 0 Å². The second-order valence-corrected chi connectivity index (χ2v) is 3.61. The van der Waals surface area contributed by atoms with Crippen LogP contribution in [0, 0.1) is 0 Å². The molecule has 3 aromatic rings. The van der Waals surface area contributed by atoms with Crippen LogP contribution in [0.3, 0.4) is 0 Å². The Morgan fingerprint density at radius 2 is 2.20 bits per heavy atom. The molecule has 0 fully saturated rings. The fraction of sp³-hybridized carbons (Fsp3) is 0.0833. The van der Waals surface area contributed by atoms with Crippen molar-refractivity contribution in [2.45, 2.75) is 0 Å². The van der Waals surface area contributed by atoms with Crippen LogP contribution in [-0.2, 0) is 7.05 Å². The summed E-state index contributed by atoms with van der Waals surface area (Å²) < 4.78 is 2.10. The minimum Gasteiger partial charge on any atom is -0.361 e. The maximum atomic E-state index is 4.42. The van der Waals surface area contributed by atoms with Gasteiger partial charge in [0.1, 0.15) is 0 Å². The number of pyridine rings is 1. The Bertz CT molecular complexity index is 590. The molecule has 3 nitrogen and oxygen atoms in total. The molecule has 0 bridgehead atoms. The predicted molar refractivity (Wildman–Crippen MR) is 60.5 cm³/mol. The molecule has 3 aromatic heterocycles. The van der Waals surface area contributed by atoms with Gasteiger partial charge in [0.25, 0.3) is 0 Å². The Morgan fingerprint density at radius 1 is 1.27 bits per heavy atom. The fourth-order valence-corrected chi connectivity index (χ4v) is 1.91. The van der Waals surface area contributed by atoms with Crippen molar-refractivity contribution >= 4 is 11.0 Å². The highest BCUT2D eigenvalue weighted by molar-refractivity contribution is 5.91. The number of aromatic nitrogens is 3. The summed E-state index contributed by atoms with van der Waals surface area (Å²) in [6.07, 6.45) is 5.86. The highest BCUT2D eigenvalue weighted by Crippen LogP contribution is 2.26. The molecule has 74 valence electrons. The van der Waals surface area contributed by atoms with Crippen LogP contribution >= 0.6 is 0 Å². The van der Waals surface area contributed by atoms with Gasteiger partial charge in [-0.05, 0) is 24.3 Å². The first kappa shape index (κ1) is 8.29. The van der Waals surface area contributed by atoms with Gasteiger partial charge >= 0.3 is 0 Å². The lowest BCUT2D eigenvalue weighted by molar-refractivity contribution is 0.968. The van der Waals surface area contributed by atoms with Gasteiger partial charge in [-0.25, -0.2) is 0 Å². The van der Waals surface area contributed by atoms with Crippen molar-refractivity contribution in [1.82, 2.24) is 14.5 Å². The smallest absolute Gasteiger partial charge is 0.0974 e. The van der Waals surface area contributed by atoms with Crippen molar-refractivity contribution in [3.8, 4) is 11.3 Å². The molecule has 0 saturated carbocycles. The van der Waals surface area contributed by atoms with E-state index < -0.39 is 0 Å². The summed E-state index contributed by atoms with van der Waals surface area (Å²) in [5, 5.41) is 0. The van der Waals surface area contributed by atoms with Crippen molar-refractivity contribution in [2.75, 3.05) is 0 Å². The van der Waals surface area contributed by atoms with Crippen molar-refractivity contribution in [2.24, 2.45) is 7.05 Å². The molecule has 1 N–H and O–H groups in total. The van der Waals surface area contributed by atoms with E-state index in [9.17, 15) is 0 Å². The Morgan fingerprint density at radius 3 is 3.00 bits per heavy atom. The molecule has 0 atom stereocenters. The molecule has 3 heterocycles. The van der Waals surface area contributed by atoms with Crippen LogP contribution in [0.25, 0.3) is 22.3 Å². The third-order valence-electron chi connectivity index (χ3n) is 2.63. The molecule has 0 amide bonds. The number of nitrogens with zero attached hydrogens (tertiary/aromatic N) is 2. The third-order valence-corrected chi connectivity index (χ3v) is 2.63. The van der Waals surface area contributed by atoms with Gasteiger partial charge in [-0.3, -0.25) is 4.98 Å². The van der Waals surface area contributed by atoms with E-state index in [1.807, 2.05) is 31.6 Å². The van der Waals surface area contributed by atoms with E-state index in [-0.39, 0.29) is 0 Å². The maximum absolute atomic E-state index is 4.42. The number of rotatable bonds is 1. The molecular weight excluding hydrogens is 186 g/mol. The highest BCUT2D eigenvalue weighted by atomic mass is 14.9. The number of fused-ring (bicyclic) bond motifs is 1. The van der Waals surface area contributed by atoms with Crippen LogP contribution in [0.5, 0.6) is 0 Å². The Balaban J connectivity index is 2.37. The quantitative estimate of drug-likeness (QED) is 0.639. The van der Waals surface area contributed by atoms with Gasteiger partial charge < -0.3 is 9.55 Å². The summed E-state index contributed by atoms with van der Waals surface area (Å²) in [6.45, 7) is 0. The van der Waals surface area contributed by atoms with Gasteiger partial charge in [0.15, 0.2) is 0 Å². The summed E-state index contributed by atoms with van der Waals surface area (Å²) in [5.74, 6) is 0. The molecule has 3 heteroatoms. The number of H-pyrrole nitrogens is 1. The number of aromatic amines is 1. The number of hydrogen-bond acceptors (Lipinski definition) is 1. The predicted octanol–water partition coefficient (Wildman–Crippen LogP) is 2.57. The van der Waals surface area contributed by atoms with Crippen LogP contribution < -0.4 is 0 Å². The van der Waals surface area contributed by atoms with Crippen molar-refractivity contribution in [3.05, 3.63) is 42.9 Å². The summed E-state index contributed by atoms with van der Waals surface area (Å²) in [5.41, 5.74) is 4.46. The fourth-order valence-electron chi connectivity index (χ4n) is 1.91. The van der Waals surface area contributed by atoms with Gasteiger partial charge in [0, 0.05) is 36.9 Å². The van der Waals surface area contributed by atoms with E-state index in [4.69, 9.17) is 0 Å². The van der Waals surface area contributed by atoms with Gasteiger partial charge in [-0.2, -0.15) is 0 Å². The van der Waals surface area contributed by atoms with Gasteiger partial charge in [-0.1, -0.05) is 0 Å². The molecule has 0 spiro atoms. The zero-order valence-corrected chi connectivity index (χ0v) is 8.44. The average molecular weight is 197 g/mol. The second-order valence-electron chi connectivity index (χ2n) is 3.61. The third kappa shape index (κ3) is 1.16. The Labute approximate surface area is 87.4 Å². The molecule has 0 aliphatic rings. The summed E-state index contributed by atoms with van der Waals surface area (Å²) >= 11 is 0. The minimum atomic E-state index is 1.04. The lowest BCUT2D eigenvalue weighted by Gasteiger charge is -1.93. The number of aryl methyl sites for hydroxylation is 1. The van der Waals surface area contributed by atoms with E-state index >= 15 is 0 Å². The van der Waals surface area contributed by atoms with E-state index in [2.05, 4.69) is 32.9 Å². The molecule has 0 aliphatic heterocycles. The molecule has 3 rings (SSSR count). The van der Waals surface area contributed by atoms with E-state index in [1.165, 1.54) is 0 Å². The van der Waals surface area contributed by atoms with Gasteiger partial charge in [0.2, 0.25) is 0 Å². The van der Waals surface area contributed by atoms with E-state index in [0.717, 1.165) is 22.3 Å². The normalized spacial score (nSPS) is 11.0. The SMILES string of the molecule is Cn1cc(-c2ccc[nH]2)c2ncccc21. The first-order chi connectivity index (χ1) is 7.36. The lowest BCUT2D eigenvalue weighted by Crippen LogP contribution is -1.82. The van der Waals surface area contributed by atoms with Crippen molar-refractivity contribution in [1.29, 1.82) is 0 Å². The zero-order chi connectivity index (χ0) is 10.3. The van der Waals surface area contributed by atoms with Crippen molar-refractivity contribution < 1.29 is 0 Å². The first-order valence-electron chi connectivity index (χ1n) is 4.90. The molecule has 0 aliphatic carbocycles. The monoisotopic (exact) mass is 197 g/mol. The molecule has 0 aromatic carbocycles. The minimum absolute atomic E-state index is 1.04. The van der Waals surface area contributed by atoms with Crippen LogP contribution in [0.4, 0.5) is 0 Å². The molecule has 0 saturated heterocycles. The first-order valence-corrected chi connectivity index (χ1v) is 4.90. The second kappa shape index (κ2) is 2.98. The maximum Gasteiger partial charge on any atom is 0.0974 e. The largest absolute Gasteiger partial charge is 0.361 e. The summed E-state index contributed by atoms with van der Waals surface area (Å²) in [4.78, 5) is 7.62. The van der Waals surface area contributed by atoms with E-state index in [1.54, 1.807) is 0 Å². The van der Waals surface area contributed by atoms with Gasteiger partial charge in [0.05, 0.1) is 11.0 Å². The summed E-state index contributed by atoms with van der Waals surface area (Å²) in [6, 6.07) is 8.09. The molecular formula is C12H11N3. The van der Waals surface area contributed by atoms with Crippen LogP contribution in [0.15, 0.2) is 42.9 Å². The topological polar surface area (TPSA) is 33.6 Å². The van der Waals surface area contributed by atoms with Crippen LogP contribution in [-0.4, -0.2) is 14.5 Å². The molecule has 15 heavy (non-hydrogen) atoms. The zero-order valence-electron chi connectivity index (χ0n) is 8.44.